The molecule has 0 amide bonds. The van der Waals surface area contributed by atoms with Gasteiger partial charge >= 0.3 is 7.12 Å². The number of nitrogens with zero attached hydrogens (tertiary/aromatic N) is 1. The zero-order chi connectivity index (χ0) is 11.3. The van der Waals surface area contributed by atoms with Gasteiger partial charge in [-0.05, 0) is 18.5 Å². The highest BCUT2D eigenvalue weighted by molar-refractivity contribution is 8.10. The molecule has 0 unspecified atom stereocenters. The molecule has 0 aliphatic carbocycles. The standard InChI is InChI=1S/C8H12BNO3S2/c11-9(12)3-4-10(8(14)15)6-7-2-1-5-13-7/h1-2,5,11-12H,3-4,6H2,(H,14,15). The van der Waals surface area contributed by atoms with E-state index in [4.69, 9.17) is 26.7 Å². The molecule has 0 bridgehead atoms. The minimum absolute atomic E-state index is 0.224. The molecule has 1 rings (SSSR count). The summed E-state index contributed by atoms with van der Waals surface area (Å²) >= 11 is 8.99. The van der Waals surface area contributed by atoms with Gasteiger partial charge in [-0.2, -0.15) is 0 Å². The lowest BCUT2D eigenvalue weighted by Crippen LogP contribution is -2.29. The van der Waals surface area contributed by atoms with Crippen LogP contribution in [0.1, 0.15) is 5.76 Å². The summed E-state index contributed by atoms with van der Waals surface area (Å²) in [6, 6.07) is 3.62. The molecule has 0 aliphatic heterocycles. The second-order valence-corrected chi connectivity index (χ2v) is 4.17. The molecule has 0 atom stereocenters. The minimum Gasteiger partial charge on any atom is -0.467 e. The van der Waals surface area contributed by atoms with Crippen molar-refractivity contribution in [1.82, 2.24) is 4.90 Å². The van der Waals surface area contributed by atoms with Crippen molar-refractivity contribution in [3.05, 3.63) is 24.2 Å². The Balaban J connectivity index is 2.47. The lowest BCUT2D eigenvalue weighted by Gasteiger charge is -2.21. The normalized spacial score (nSPS) is 10.1. The molecular weight excluding hydrogens is 233 g/mol. The Morgan fingerprint density at radius 3 is 2.80 bits per heavy atom. The Labute approximate surface area is 99.4 Å². The van der Waals surface area contributed by atoms with E-state index in [-0.39, 0.29) is 6.32 Å². The van der Waals surface area contributed by atoms with Gasteiger partial charge in [-0.25, -0.2) is 0 Å². The summed E-state index contributed by atoms with van der Waals surface area (Å²) in [6.07, 6.45) is 1.80. The molecule has 0 spiro atoms. The van der Waals surface area contributed by atoms with E-state index in [0.29, 0.717) is 17.4 Å². The highest BCUT2D eigenvalue weighted by atomic mass is 32.1. The van der Waals surface area contributed by atoms with Gasteiger partial charge in [0.1, 0.15) is 10.1 Å². The van der Waals surface area contributed by atoms with Gasteiger partial charge in [0.2, 0.25) is 0 Å². The molecule has 0 aromatic carbocycles. The van der Waals surface area contributed by atoms with Crippen molar-refractivity contribution >= 4 is 36.3 Å². The van der Waals surface area contributed by atoms with Crippen LogP contribution >= 0.6 is 24.8 Å². The average molecular weight is 245 g/mol. The Hall–Kier alpha value is -0.495. The number of furan rings is 1. The zero-order valence-electron chi connectivity index (χ0n) is 8.04. The van der Waals surface area contributed by atoms with E-state index in [1.165, 1.54) is 0 Å². The van der Waals surface area contributed by atoms with E-state index in [9.17, 15) is 0 Å². The quantitative estimate of drug-likeness (QED) is 0.406. The second kappa shape index (κ2) is 6.17. The maximum atomic E-state index is 8.75. The molecule has 1 aromatic heterocycles. The summed E-state index contributed by atoms with van der Waals surface area (Å²) in [7, 11) is -1.33. The van der Waals surface area contributed by atoms with Crippen molar-refractivity contribution in [1.29, 1.82) is 0 Å². The fourth-order valence-corrected chi connectivity index (χ4v) is 1.43. The number of rotatable bonds is 5. The molecule has 0 saturated heterocycles. The molecule has 1 aromatic rings. The molecule has 0 aliphatic rings. The van der Waals surface area contributed by atoms with Crippen LogP contribution in [0.5, 0.6) is 0 Å². The third-order valence-electron chi connectivity index (χ3n) is 1.85. The summed E-state index contributed by atoms with van der Waals surface area (Å²) in [5.74, 6) is 0.763. The third-order valence-corrected chi connectivity index (χ3v) is 2.40. The van der Waals surface area contributed by atoms with Crippen LogP contribution in [-0.4, -0.2) is 32.9 Å². The highest BCUT2D eigenvalue weighted by Gasteiger charge is 2.13. The molecule has 1 heterocycles. The van der Waals surface area contributed by atoms with Crippen LogP contribution in [0, 0.1) is 0 Å². The number of thiol groups is 1. The van der Waals surface area contributed by atoms with Crippen LogP contribution in [0.3, 0.4) is 0 Å². The fraction of sp³-hybridized carbons (Fsp3) is 0.375. The Bertz CT molecular complexity index is 305. The van der Waals surface area contributed by atoms with E-state index >= 15 is 0 Å². The number of hydrogen-bond acceptors (Lipinski definition) is 4. The van der Waals surface area contributed by atoms with E-state index in [2.05, 4.69) is 12.6 Å². The first-order valence-corrected chi connectivity index (χ1v) is 5.31. The third kappa shape index (κ3) is 4.70. The first-order valence-electron chi connectivity index (χ1n) is 4.46. The van der Waals surface area contributed by atoms with Gasteiger partial charge in [-0.1, -0.05) is 12.2 Å². The van der Waals surface area contributed by atoms with E-state index in [0.717, 1.165) is 5.76 Å². The van der Waals surface area contributed by atoms with Crippen LogP contribution in [0.4, 0.5) is 0 Å². The first kappa shape index (κ1) is 12.6. The SMILES string of the molecule is OB(O)CCN(Cc1ccco1)C(=S)S. The van der Waals surface area contributed by atoms with E-state index in [1.54, 1.807) is 17.2 Å². The van der Waals surface area contributed by atoms with E-state index < -0.39 is 7.12 Å². The molecule has 7 heteroatoms. The molecular formula is C8H12BNO3S2. The Morgan fingerprint density at radius 1 is 1.60 bits per heavy atom. The van der Waals surface area contributed by atoms with Crippen molar-refractivity contribution in [3.63, 3.8) is 0 Å². The Morgan fingerprint density at radius 2 is 2.33 bits per heavy atom. The molecule has 2 N–H and O–H groups in total. The van der Waals surface area contributed by atoms with Crippen LogP contribution in [0.15, 0.2) is 22.8 Å². The minimum atomic E-state index is -1.33. The summed E-state index contributed by atoms with van der Waals surface area (Å²) in [4.78, 5) is 1.73. The lowest BCUT2D eigenvalue weighted by molar-refractivity contribution is 0.358. The highest BCUT2D eigenvalue weighted by Crippen LogP contribution is 2.09. The van der Waals surface area contributed by atoms with Gasteiger partial charge in [-0.3, -0.25) is 0 Å². The topological polar surface area (TPSA) is 56.8 Å². The fourth-order valence-electron chi connectivity index (χ4n) is 1.10. The second-order valence-electron chi connectivity index (χ2n) is 3.05. The molecule has 4 nitrogen and oxygen atoms in total. The molecule has 0 saturated carbocycles. The van der Waals surface area contributed by atoms with Gasteiger partial charge in [-0.15, -0.1) is 12.6 Å². The molecule has 0 fully saturated rings. The molecule has 0 radical (unpaired) electrons. The first-order chi connectivity index (χ1) is 7.09. The zero-order valence-corrected chi connectivity index (χ0v) is 9.75. The van der Waals surface area contributed by atoms with Crippen LogP contribution in [0.2, 0.25) is 6.32 Å². The summed E-state index contributed by atoms with van der Waals surface area (Å²) in [6.45, 7) is 0.919. The monoisotopic (exact) mass is 245 g/mol. The van der Waals surface area contributed by atoms with Crippen LogP contribution < -0.4 is 0 Å². The van der Waals surface area contributed by atoms with Crippen LogP contribution in [0.25, 0.3) is 0 Å². The van der Waals surface area contributed by atoms with E-state index in [1.807, 2.05) is 6.07 Å². The van der Waals surface area contributed by atoms with Crippen molar-refractivity contribution in [2.45, 2.75) is 12.9 Å². The lowest BCUT2D eigenvalue weighted by atomic mass is 9.86. The maximum Gasteiger partial charge on any atom is 0.453 e. The Kier molecular flexibility index (Phi) is 5.17. The van der Waals surface area contributed by atoms with Gasteiger partial charge in [0.25, 0.3) is 0 Å². The van der Waals surface area contributed by atoms with Crippen molar-refractivity contribution in [3.8, 4) is 0 Å². The molecule has 15 heavy (non-hydrogen) atoms. The number of thiocarbonyl (C=S) groups is 1. The van der Waals surface area contributed by atoms with Crippen molar-refractivity contribution < 1.29 is 14.5 Å². The number of hydrogen-bond donors (Lipinski definition) is 3. The predicted molar refractivity (Wildman–Crippen MR) is 65.7 cm³/mol. The smallest absolute Gasteiger partial charge is 0.453 e. The average Bonchev–Trinajstić information content (AvgIpc) is 2.63. The van der Waals surface area contributed by atoms with Crippen molar-refractivity contribution in [2.24, 2.45) is 0 Å². The molecule has 82 valence electrons. The van der Waals surface area contributed by atoms with Gasteiger partial charge in [0, 0.05) is 6.54 Å². The van der Waals surface area contributed by atoms with Crippen molar-refractivity contribution in [2.75, 3.05) is 6.54 Å². The summed E-state index contributed by atoms with van der Waals surface area (Å²) in [5.41, 5.74) is 0. The van der Waals surface area contributed by atoms with Crippen LogP contribution in [-0.2, 0) is 6.54 Å². The maximum absolute atomic E-state index is 8.75. The van der Waals surface area contributed by atoms with Gasteiger partial charge in [0.05, 0.1) is 12.8 Å². The predicted octanol–water partition coefficient (Wildman–Crippen LogP) is 0.769. The summed E-state index contributed by atoms with van der Waals surface area (Å²) < 4.78 is 5.57. The van der Waals surface area contributed by atoms with Gasteiger partial charge in [0.15, 0.2) is 0 Å². The summed E-state index contributed by atoms with van der Waals surface area (Å²) in [5, 5.41) is 17.5. The largest absolute Gasteiger partial charge is 0.467 e. The van der Waals surface area contributed by atoms with Gasteiger partial charge < -0.3 is 19.4 Å².